The van der Waals surface area contributed by atoms with E-state index in [1.54, 1.807) is 11.3 Å². The monoisotopic (exact) mass is 301 g/mol. The van der Waals surface area contributed by atoms with Gasteiger partial charge in [-0.25, -0.2) is 4.98 Å². The van der Waals surface area contributed by atoms with Crippen molar-refractivity contribution in [3.63, 3.8) is 0 Å². The summed E-state index contributed by atoms with van der Waals surface area (Å²) in [7, 11) is 0. The number of hydrogen-bond donors (Lipinski definition) is 1. The van der Waals surface area contributed by atoms with E-state index in [0.717, 1.165) is 34.2 Å². The molecule has 110 valence electrons. The number of thiazole rings is 1. The molecule has 0 aliphatic heterocycles. The highest BCUT2D eigenvalue weighted by atomic mass is 32.1. The Kier molecular flexibility index (Phi) is 3.59. The first-order chi connectivity index (χ1) is 10.2. The molecule has 0 saturated heterocycles. The number of ether oxygens (including phenoxy) is 1. The number of aromatic nitrogens is 2. The summed E-state index contributed by atoms with van der Waals surface area (Å²) in [6.45, 7) is 6.91. The fourth-order valence-electron chi connectivity index (χ4n) is 2.59. The van der Waals surface area contributed by atoms with E-state index in [2.05, 4.69) is 18.2 Å². The predicted octanol–water partition coefficient (Wildman–Crippen LogP) is 3.91. The zero-order valence-electron chi connectivity index (χ0n) is 12.5. The molecule has 4 nitrogen and oxygen atoms in total. The van der Waals surface area contributed by atoms with E-state index in [0.29, 0.717) is 6.61 Å². The van der Waals surface area contributed by atoms with Gasteiger partial charge in [-0.05, 0) is 44.5 Å². The Morgan fingerprint density at radius 3 is 2.57 bits per heavy atom. The summed E-state index contributed by atoms with van der Waals surface area (Å²) in [5.74, 6) is 1.58. The van der Waals surface area contributed by atoms with Gasteiger partial charge in [-0.15, -0.1) is 11.3 Å². The van der Waals surface area contributed by atoms with Crippen LogP contribution in [0.2, 0.25) is 0 Å². The lowest BCUT2D eigenvalue weighted by Crippen LogP contribution is -1.98. The fraction of sp³-hybridized carbons (Fsp3) is 0.312. The molecule has 0 aliphatic rings. The summed E-state index contributed by atoms with van der Waals surface area (Å²) in [5, 5.41) is 0. The molecule has 0 saturated carbocycles. The predicted molar refractivity (Wildman–Crippen MR) is 88.2 cm³/mol. The van der Waals surface area contributed by atoms with Crippen molar-refractivity contribution in [1.29, 1.82) is 0 Å². The summed E-state index contributed by atoms with van der Waals surface area (Å²) in [5.41, 5.74) is 9.45. The van der Waals surface area contributed by atoms with Gasteiger partial charge in [-0.1, -0.05) is 6.92 Å². The molecule has 0 radical (unpaired) electrons. The van der Waals surface area contributed by atoms with Crippen LogP contribution < -0.4 is 10.5 Å². The normalized spacial score (nSPS) is 11.2. The quantitative estimate of drug-likeness (QED) is 0.794. The average molecular weight is 301 g/mol. The Labute approximate surface area is 128 Å². The van der Waals surface area contributed by atoms with Crippen molar-refractivity contribution < 1.29 is 4.74 Å². The van der Waals surface area contributed by atoms with Gasteiger partial charge >= 0.3 is 0 Å². The lowest BCUT2D eigenvalue weighted by atomic mass is 10.1. The molecule has 0 aliphatic carbocycles. The number of hydrogen-bond acceptors (Lipinski definition) is 4. The Bertz CT molecular complexity index is 771. The molecule has 5 heteroatoms. The van der Waals surface area contributed by atoms with E-state index in [-0.39, 0.29) is 0 Å². The van der Waals surface area contributed by atoms with Crippen LogP contribution in [0, 0.1) is 6.92 Å². The van der Waals surface area contributed by atoms with E-state index in [1.807, 2.05) is 31.2 Å². The highest BCUT2D eigenvalue weighted by Gasteiger charge is 2.17. The van der Waals surface area contributed by atoms with Crippen LogP contribution in [0.3, 0.4) is 0 Å². The molecule has 3 aromatic rings. The van der Waals surface area contributed by atoms with Crippen LogP contribution >= 0.6 is 11.3 Å². The first kappa shape index (κ1) is 13.9. The van der Waals surface area contributed by atoms with Crippen molar-refractivity contribution in [2.45, 2.75) is 27.2 Å². The van der Waals surface area contributed by atoms with Gasteiger partial charge in [-0.2, -0.15) is 0 Å². The first-order valence-electron chi connectivity index (χ1n) is 7.15. The molecule has 0 bridgehead atoms. The molecular weight excluding hydrogens is 282 g/mol. The SMILES string of the molecule is CCOc1ccc(-c2nc3sc(C)c(CC)n3c2N)cc1. The van der Waals surface area contributed by atoms with Gasteiger partial charge in [0, 0.05) is 16.1 Å². The highest BCUT2D eigenvalue weighted by molar-refractivity contribution is 7.17. The summed E-state index contributed by atoms with van der Waals surface area (Å²) in [4.78, 5) is 6.95. The number of anilines is 1. The van der Waals surface area contributed by atoms with Crippen molar-refractivity contribution in [1.82, 2.24) is 9.38 Å². The molecule has 0 spiro atoms. The smallest absolute Gasteiger partial charge is 0.196 e. The van der Waals surface area contributed by atoms with Crippen LogP contribution in [0.5, 0.6) is 5.75 Å². The maximum Gasteiger partial charge on any atom is 0.196 e. The maximum atomic E-state index is 6.33. The number of benzene rings is 1. The lowest BCUT2D eigenvalue weighted by molar-refractivity contribution is 0.340. The summed E-state index contributed by atoms with van der Waals surface area (Å²) in [6, 6.07) is 7.92. The summed E-state index contributed by atoms with van der Waals surface area (Å²) >= 11 is 1.69. The summed E-state index contributed by atoms with van der Waals surface area (Å²) < 4.78 is 7.54. The largest absolute Gasteiger partial charge is 0.494 e. The van der Waals surface area contributed by atoms with Crippen molar-refractivity contribution in [2.75, 3.05) is 12.3 Å². The second-order valence-corrected chi connectivity index (χ2v) is 6.06. The van der Waals surface area contributed by atoms with Crippen molar-refractivity contribution in [3.8, 4) is 17.0 Å². The maximum absolute atomic E-state index is 6.33. The fourth-order valence-corrected chi connectivity index (χ4v) is 3.65. The van der Waals surface area contributed by atoms with Crippen molar-refractivity contribution >= 4 is 22.1 Å². The Balaban J connectivity index is 2.08. The van der Waals surface area contributed by atoms with E-state index in [4.69, 9.17) is 15.5 Å². The molecule has 1 aromatic carbocycles. The van der Waals surface area contributed by atoms with Crippen molar-refractivity contribution in [3.05, 3.63) is 34.8 Å². The van der Waals surface area contributed by atoms with Crippen LogP contribution in [0.4, 0.5) is 5.82 Å². The average Bonchev–Trinajstić information content (AvgIpc) is 2.96. The summed E-state index contributed by atoms with van der Waals surface area (Å²) in [6.07, 6.45) is 0.953. The van der Waals surface area contributed by atoms with Gasteiger partial charge in [-0.3, -0.25) is 4.40 Å². The van der Waals surface area contributed by atoms with Gasteiger partial charge in [0.2, 0.25) is 0 Å². The molecule has 0 amide bonds. The minimum Gasteiger partial charge on any atom is -0.494 e. The zero-order chi connectivity index (χ0) is 15.0. The Morgan fingerprint density at radius 2 is 1.95 bits per heavy atom. The standard InChI is InChI=1S/C16H19N3OS/c1-4-13-10(3)21-16-18-14(15(17)19(13)16)11-6-8-12(9-7-11)20-5-2/h6-9H,4-5,17H2,1-3H3. The van der Waals surface area contributed by atoms with Gasteiger partial charge in [0.25, 0.3) is 0 Å². The molecular formula is C16H19N3OS. The number of rotatable bonds is 4. The molecule has 2 heterocycles. The molecule has 2 aromatic heterocycles. The first-order valence-corrected chi connectivity index (χ1v) is 7.96. The van der Waals surface area contributed by atoms with Crippen LogP contribution in [-0.2, 0) is 6.42 Å². The highest BCUT2D eigenvalue weighted by Crippen LogP contribution is 2.33. The van der Waals surface area contributed by atoms with Gasteiger partial charge in [0.15, 0.2) is 4.96 Å². The van der Waals surface area contributed by atoms with Crippen molar-refractivity contribution in [2.24, 2.45) is 0 Å². The van der Waals surface area contributed by atoms with Gasteiger partial charge in [0.05, 0.1) is 6.61 Å². The van der Waals surface area contributed by atoms with E-state index < -0.39 is 0 Å². The zero-order valence-corrected chi connectivity index (χ0v) is 13.3. The number of aryl methyl sites for hydroxylation is 2. The molecule has 0 fully saturated rings. The van der Waals surface area contributed by atoms with Crippen LogP contribution in [0.1, 0.15) is 24.4 Å². The van der Waals surface area contributed by atoms with Crippen LogP contribution in [0.15, 0.2) is 24.3 Å². The second kappa shape index (κ2) is 5.41. The number of fused-ring (bicyclic) bond motifs is 1. The second-order valence-electron chi connectivity index (χ2n) is 4.88. The van der Waals surface area contributed by atoms with E-state index >= 15 is 0 Å². The molecule has 0 unspecified atom stereocenters. The number of nitrogens with zero attached hydrogens (tertiary/aromatic N) is 2. The molecule has 21 heavy (non-hydrogen) atoms. The topological polar surface area (TPSA) is 52.5 Å². The number of nitrogens with two attached hydrogens (primary N) is 1. The number of nitrogen functional groups attached to an aromatic ring is 1. The minimum absolute atomic E-state index is 0.667. The van der Waals surface area contributed by atoms with E-state index in [1.165, 1.54) is 10.6 Å². The molecule has 0 atom stereocenters. The third kappa shape index (κ3) is 2.27. The minimum atomic E-state index is 0.667. The number of imidazole rings is 1. The third-order valence-electron chi connectivity index (χ3n) is 3.58. The Morgan fingerprint density at radius 1 is 1.24 bits per heavy atom. The van der Waals surface area contributed by atoms with Crippen LogP contribution in [0.25, 0.3) is 16.2 Å². The van der Waals surface area contributed by atoms with Crippen LogP contribution in [-0.4, -0.2) is 16.0 Å². The van der Waals surface area contributed by atoms with Gasteiger partial charge in [0.1, 0.15) is 17.3 Å². The third-order valence-corrected chi connectivity index (χ3v) is 4.57. The van der Waals surface area contributed by atoms with Gasteiger partial charge < -0.3 is 10.5 Å². The Hall–Kier alpha value is -2.01. The molecule has 2 N–H and O–H groups in total. The lowest BCUT2D eigenvalue weighted by Gasteiger charge is -2.05. The van der Waals surface area contributed by atoms with E-state index in [9.17, 15) is 0 Å². The molecule has 3 rings (SSSR count).